The second-order valence-corrected chi connectivity index (χ2v) is 5.47. The molecule has 0 bridgehead atoms. The van der Waals surface area contributed by atoms with Gasteiger partial charge in [0, 0.05) is 37.9 Å². The number of rotatable bonds is 3. The molecule has 110 valence electrons. The van der Waals surface area contributed by atoms with E-state index in [-0.39, 0.29) is 11.9 Å². The molecule has 4 heteroatoms. The van der Waals surface area contributed by atoms with E-state index in [0.717, 1.165) is 37.4 Å². The predicted molar refractivity (Wildman–Crippen MR) is 81.7 cm³/mol. The number of benzene rings is 1. The molecular weight excluding hydrogens is 265 g/mol. The zero-order valence-electron chi connectivity index (χ0n) is 12.2. The number of nitrogens with zero attached hydrogens (tertiary/aromatic N) is 2. The third kappa shape index (κ3) is 3.12. The number of piperazine rings is 1. The van der Waals surface area contributed by atoms with Crippen molar-refractivity contribution in [2.75, 3.05) is 26.2 Å². The van der Waals surface area contributed by atoms with Gasteiger partial charge in [0.2, 0.25) is 0 Å². The number of hydrogen-bond donors (Lipinski definition) is 1. The van der Waals surface area contributed by atoms with Crippen LogP contribution >= 0.6 is 0 Å². The van der Waals surface area contributed by atoms with Crippen LogP contribution in [0.5, 0.6) is 0 Å². The molecule has 1 fully saturated rings. The minimum atomic E-state index is -0.164. The number of pyridine rings is 1. The summed E-state index contributed by atoms with van der Waals surface area (Å²) in [7, 11) is 0. The highest BCUT2D eigenvalue weighted by Crippen LogP contribution is 2.29. The Morgan fingerprint density at radius 3 is 2.57 bits per heavy atom. The van der Waals surface area contributed by atoms with Crippen molar-refractivity contribution < 1.29 is 4.39 Å². The number of nitrogens with one attached hydrogen (secondary N) is 1. The van der Waals surface area contributed by atoms with Crippen molar-refractivity contribution in [3.05, 3.63) is 65.2 Å². The molecule has 1 atom stereocenters. The number of aryl methyl sites for hydroxylation is 1. The molecule has 1 unspecified atom stereocenters. The lowest BCUT2D eigenvalue weighted by molar-refractivity contribution is 0.192. The lowest BCUT2D eigenvalue weighted by atomic mass is 9.99. The van der Waals surface area contributed by atoms with E-state index in [4.69, 9.17) is 0 Å². The maximum absolute atomic E-state index is 14.3. The molecule has 1 N–H and O–H groups in total. The summed E-state index contributed by atoms with van der Waals surface area (Å²) in [6.07, 6.45) is 1.85. The van der Waals surface area contributed by atoms with Crippen LogP contribution in [0.15, 0.2) is 42.6 Å². The van der Waals surface area contributed by atoms with E-state index < -0.39 is 0 Å². The number of aromatic nitrogens is 1. The minimum absolute atomic E-state index is 0.117. The molecular formula is C17H20FN3. The largest absolute Gasteiger partial charge is 0.314 e. The van der Waals surface area contributed by atoms with E-state index in [1.165, 1.54) is 6.07 Å². The summed E-state index contributed by atoms with van der Waals surface area (Å²) in [4.78, 5) is 6.84. The van der Waals surface area contributed by atoms with Crippen LogP contribution in [0.1, 0.15) is 22.9 Å². The topological polar surface area (TPSA) is 28.2 Å². The van der Waals surface area contributed by atoms with Crippen LogP contribution < -0.4 is 5.32 Å². The fourth-order valence-corrected chi connectivity index (χ4v) is 2.82. The van der Waals surface area contributed by atoms with E-state index in [0.29, 0.717) is 5.56 Å². The quantitative estimate of drug-likeness (QED) is 0.939. The van der Waals surface area contributed by atoms with Gasteiger partial charge in [0.05, 0.1) is 11.7 Å². The molecule has 0 spiro atoms. The van der Waals surface area contributed by atoms with Gasteiger partial charge in [-0.15, -0.1) is 0 Å². The van der Waals surface area contributed by atoms with E-state index in [2.05, 4.69) is 15.2 Å². The summed E-state index contributed by atoms with van der Waals surface area (Å²) in [6, 6.07) is 10.9. The summed E-state index contributed by atoms with van der Waals surface area (Å²) in [5, 5.41) is 3.34. The molecule has 2 aromatic rings. The van der Waals surface area contributed by atoms with Gasteiger partial charge < -0.3 is 5.32 Å². The van der Waals surface area contributed by atoms with Gasteiger partial charge in [-0.2, -0.15) is 0 Å². The fourth-order valence-electron chi connectivity index (χ4n) is 2.82. The lowest BCUT2D eigenvalue weighted by Gasteiger charge is -2.35. The Morgan fingerprint density at radius 2 is 1.90 bits per heavy atom. The van der Waals surface area contributed by atoms with Crippen LogP contribution in [0.4, 0.5) is 4.39 Å². The van der Waals surface area contributed by atoms with Crippen molar-refractivity contribution in [3.63, 3.8) is 0 Å². The molecule has 3 nitrogen and oxygen atoms in total. The predicted octanol–water partition coefficient (Wildman–Crippen LogP) is 2.52. The van der Waals surface area contributed by atoms with Crippen molar-refractivity contribution in [1.29, 1.82) is 0 Å². The molecule has 1 saturated heterocycles. The molecule has 0 saturated carbocycles. The second-order valence-electron chi connectivity index (χ2n) is 5.47. The molecule has 1 aliphatic heterocycles. The van der Waals surface area contributed by atoms with Gasteiger partial charge in [-0.1, -0.05) is 24.3 Å². The Balaban J connectivity index is 2.01. The maximum Gasteiger partial charge on any atom is 0.128 e. The van der Waals surface area contributed by atoms with Gasteiger partial charge in [0.25, 0.3) is 0 Å². The highest BCUT2D eigenvalue weighted by molar-refractivity contribution is 5.30. The van der Waals surface area contributed by atoms with Gasteiger partial charge in [-0.05, 0) is 24.6 Å². The van der Waals surface area contributed by atoms with Crippen molar-refractivity contribution in [2.24, 2.45) is 0 Å². The monoisotopic (exact) mass is 285 g/mol. The van der Waals surface area contributed by atoms with Gasteiger partial charge in [-0.25, -0.2) is 4.39 Å². The molecule has 1 aliphatic rings. The summed E-state index contributed by atoms with van der Waals surface area (Å²) in [6.45, 7) is 5.66. The summed E-state index contributed by atoms with van der Waals surface area (Å²) >= 11 is 0. The summed E-state index contributed by atoms with van der Waals surface area (Å²) in [5.74, 6) is -0.164. The highest BCUT2D eigenvalue weighted by Gasteiger charge is 2.26. The van der Waals surface area contributed by atoms with Crippen molar-refractivity contribution in [1.82, 2.24) is 15.2 Å². The lowest BCUT2D eigenvalue weighted by Crippen LogP contribution is -2.45. The highest BCUT2D eigenvalue weighted by atomic mass is 19.1. The van der Waals surface area contributed by atoms with Crippen molar-refractivity contribution in [2.45, 2.75) is 13.0 Å². The second kappa shape index (κ2) is 6.33. The first-order valence-electron chi connectivity index (χ1n) is 7.37. The molecule has 1 aromatic carbocycles. The van der Waals surface area contributed by atoms with Gasteiger partial charge in [0.15, 0.2) is 0 Å². The maximum atomic E-state index is 14.3. The molecule has 1 aromatic heterocycles. The average molecular weight is 285 g/mol. The van der Waals surface area contributed by atoms with Gasteiger partial charge in [-0.3, -0.25) is 9.88 Å². The Bertz CT molecular complexity index is 591. The number of halogens is 1. The zero-order valence-corrected chi connectivity index (χ0v) is 12.2. The van der Waals surface area contributed by atoms with Crippen LogP contribution in [-0.4, -0.2) is 36.1 Å². The van der Waals surface area contributed by atoms with Gasteiger partial charge >= 0.3 is 0 Å². The fraction of sp³-hybridized carbons (Fsp3) is 0.353. The molecule has 3 rings (SSSR count). The summed E-state index contributed by atoms with van der Waals surface area (Å²) in [5.41, 5.74) is 2.73. The third-order valence-corrected chi connectivity index (χ3v) is 3.93. The first-order valence-corrected chi connectivity index (χ1v) is 7.37. The molecule has 2 heterocycles. The van der Waals surface area contributed by atoms with E-state index in [9.17, 15) is 4.39 Å². The molecule has 21 heavy (non-hydrogen) atoms. The average Bonchev–Trinajstić information content (AvgIpc) is 2.52. The van der Waals surface area contributed by atoms with Crippen LogP contribution in [0.2, 0.25) is 0 Å². The normalized spacial score (nSPS) is 17.6. The Morgan fingerprint density at radius 1 is 1.14 bits per heavy atom. The van der Waals surface area contributed by atoms with Crippen molar-refractivity contribution in [3.8, 4) is 0 Å². The van der Waals surface area contributed by atoms with Crippen LogP contribution in [-0.2, 0) is 0 Å². The van der Waals surface area contributed by atoms with E-state index in [1.54, 1.807) is 6.07 Å². The van der Waals surface area contributed by atoms with Crippen molar-refractivity contribution >= 4 is 0 Å². The van der Waals surface area contributed by atoms with E-state index >= 15 is 0 Å². The van der Waals surface area contributed by atoms with Gasteiger partial charge in [0.1, 0.15) is 5.82 Å². The minimum Gasteiger partial charge on any atom is -0.314 e. The SMILES string of the molecule is Cc1ccc(C(c2ccccc2F)N2CCNCC2)nc1. The Labute approximate surface area is 124 Å². The standard InChI is InChI=1S/C17H20FN3/c1-13-6-7-16(20-12-13)17(21-10-8-19-9-11-21)14-4-2-3-5-15(14)18/h2-7,12,17,19H,8-11H2,1H3. The van der Waals surface area contributed by atoms with Crippen LogP contribution in [0, 0.1) is 12.7 Å². The molecule has 0 aliphatic carbocycles. The smallest absolute Gasteiger partial charge is 0.128 e. The van der Waals surface area contributed by atoms with Crippen LogP contribution in [0.3, 0.4) is 0 Å². The first-order chi connectivity index (χ1) is 10.3. The zero-order chi connectivity index (χ0) is 14.7. The summed E-state index contributed by atoms with van der Waals surface area (Å²) < 4.78 is 14.3. The third-order valence-electron chi connectivity index (χ3n) is 3.93. The Kier molecular flexibility index (Phi) is 4.27. The Hall–Kier alpha value is -1.78. The van der Waals surface area contributed by atoms with Crippen LogP contribution in [0.25, 0.3) is 0 Å². The molecule has 0 radical (unpaired) electrons. The molecule has 0 amide bonds. The first kappa shape index (κ1) is 14.2. The van der Waals surface area contributed by atoms with E-state index in [1.807, 2.05) is 37.4 Å². The number of hydrogen-bond acceptors (Lipinski definition) is 3.